The van der Waals surface area contributed by atoms with Crippen LogP contribution in [-0.4, -0.2) is 56.0 Å². The lowest BCUT2D eigenvalue weighted by molar-refractivity contribution is -0.137. The lowest BCUT2D eigenvalue weighted by Crippen LogP contribution is -2.43. The summed E-state index contributed by atoms with van der Waals surface area (Å²) < 4.78 is 27.0. The first-order chi connectivity index (χ1) is 11.0. The van der Waals surface area contributed by atoms with E-state index in [1.807, 2.05) is 19.0 Å². The predicted octanol–water partition coefficient (Wildman–Crippen LogP) is 1.85. The molecular weight excluding hydrogens is 300 g/mol. The van der Waals surface area contributed by atoms with Gasteiger partial charge in [-0.2, -0.15) is 0 Å². The molecule has 0 saturated carbocycles. The van der Waals surface area contributed by atoms with Crippen molar-refractivity contribution in [3.8, 4) is 0 Å². The quantitative estimate of drug-likeness (QED) is 0.867. The molecule has 1 heterocycles. The Balaban J connectivity index is 2.10. The van der Waals surface area contributed by atoms with Crippen molar-refractivity contribution in [1.82, 2.24) is 15.1 Å². The van der Waals surface area contributed by atoms with Crippen molar-refractivity contribution >= 4 is 5.91 Å². The molecule has 1 saturated heterocycles. The maximum absolute atomic E-state index is 13.9. The number of amides is 1. The van der Waals surface area contributed by atoms with Crippen LogP contribution in [0.2, 0.25) is 0 Å². The molecule has 1 aliphatic heterocycles. The molecule has 0 aliphatic carbocycles. The zero-order chi connectivity index (χ0) is 16.8. The van der Waals surface area contributed by atoms with Crippen LogP contribution in [-0.2, 0) is 11.3 Å². The number of nitrogens with zero attached hydrogens (tertiary/aromatic N) is 2. The van der Waals surface area contributed by atoms with Crippen LogP contribution in [0.25, 0.3) is 0 Å². The van der Waals surface area contributed by atoms with Gasteiger partial charge in [0.25, 0.3) is 0 Å². The summed E-state index contributed by atoms with van der Waals surface area (Å²) in [6.45, 7) is 3.10. The topological polar surface area (TPSA) is 35.6 Å². The Kier molecular flexibility index (Phi) is 6.47. The largest absolute Gasteiger partial charge is 0.337 e. The maximum atomic E-state index is 13.9. The molecule has 1 fully saturated rings. The van der Waals surface area contributed by atoms with Gasteiger partial charge in [0.1, 0.15) is 11.6 Å². The molecule has 128 valence electrons. The molecule has 1 aromatic rings. The third-order valence-electron chi connectivity index (χ3n) is 4.19. The molecule has 0 bridgehead atoms. The van der Waals surface area contributed by atoms with Gasteiger partial charge in [-0.15, -0.1) is 0 Å². The second kappa shape index (κ2) is 8.36. The molecule has 0 radical (unpaired) electrons. The van der Waals surface area contributed by atoms with Crippen LogP contribution in [0.1, 0.15) is 18.4 Å². The first-order valence-electron chi connectivity index (χ1n) is 8.05. The van der Waals surface area contributed by atoms with Crippen molar-refractivity contribution in [1.29, 1.82) is 0 Å². The summed E-state index contributed by atoms with van der Waals surface area (Å²) in [4.78, 5) is 16.5. The predicted molar refractivity (Wildman–Crippen MR) is 85.9 cm³/mol. The van der Waals surface area contributed by atoms with Crippen LogP contribution in [0, 0.1) is 17.6 Å². The molecule has 1 aromatic carbocycles. The molecule has 1 N–H and O–H groups in total. The highest BCUT2D eigenvalue weighted by Gasteiger charge is 2.26. The Morgan fingerprint density at radius 2 is 1.91 bits per heavy atom. The first kappa shape index (κ1) is 17.8. The molecule has 0 spiro atoms. The average molecular weight is 325 g/mol. The molecular formula is C17H25F2N3O. The molecule has 0 aromatic heterocycles. The normalized spacial score (nSPS) is 15.9. The van der Waals surface area contributed by atoms with E-state index in [0.29, 0.717) is 18.7 Å². The summed E-state index contributed by atoms with van der Waals surface area (Å²) in [5.41, 5.74) is 0.354. The molecule has 2 rings (SSSR count). The number of hydrogen-bond acceptors (Lipinski definition) is 3. The van der Waals surface area contributed by atoms with Crippen LogP contribution < -0.4 is 5.32 Å². The van der Waals surface area contributed by atoms with Crippen LogP contribution in [0.5, 0.6) is 0 Å². The van der Waals surface area contributed by atoms with Crippen LogP contribution in [0.4, 0.5) is 8.78 Å². The highest BCUT2D eigenvalue weighted by Crippen LogP contribution is 2.18. The van der Waals surface area contributed by atoms with E-state index in [9.17, 15) is 13.6 Å². The highest BCUT2D eigenvalue weighted by molar-refractivity contribution is 5.79. The summed E-state index contributed by atoms with van der Waals surface area (Å²) in [5.74, 6) is -1.15. The van der Waals surface area contributed by atoms with Crippen LogP contribution in [0.3, 0.4) is 0 Å². The summed E-state index contributed by atoms with van der Waals surface area (Å²) in [6, 6.07) is 3.52. The lowest BCUT2D eigenvalue weighted by atomic mass is 9.96. The minimum Gasteiger partial charge on any atom is -0.337 e. The maximum Gasteiger partial charge on any atom is 0.226 e. The standard InChI is InChI=1S/C17H25F2N3O/c1-21(2)9-10-22(17(23)13-5-7-20-8-6-13)12-14-3-4-15(18)11-16(14)19/h3-4,11,13,20H,5-10,12H2,1-2H3. The highest BCUT2D eigenvalue weighted by atomic mass is 19.1. The van der Waals surface area contributed by atoms with Gasteiger partial charge in [0, 0.05) is 37.2 Å². The fourth-order valence-corrected chi connectivity index (χ4v) is 2.77. The monoisotopic (exact) mass is 325 g/mol. The van der Waals surface area contributed by atoms with Gasteiger partial charge < -0.3 is 15.1 Å². The van der Waals surface area contributed by atoms with Gasteiger partial charge in [0.05, 0.1) is 0 Å². The number of hydrogen-bond donors (Lipinski definition) is 1. The smallest absolute Gasteiger partial charge is 0.226 e. The molecule has 23 heavy (non-hydrogen) atoms. The zero-order valence-electron chi connectivity index (χ0n) is 13.8. The zero-order valence-corrected chi connectivity index (χ0v) is 13.8. The van der Waals surface area contributed by atoms with E-state index in [1.54, 1.807) is 4.90 Å². The van der Waals surface area contributed by atoms with Crippen molar-refractivity contribution in [2.24, 2.45) is 5.92 Å². The first-order valence-corrected chi connectivity index (χ1v) is 8.05. The SMILES string of the molecule is CN(C)CCN(Cc1ccc(F)cc1F)C(=O)C1CCNCC1. The Bertz CT molecular complexity index is 531. The summed E-state index contributed by atoms with van der Waals surface area (Å²) in [6.07, 6.45) is 1.62. The van der Waals surface area contributed by atoms with E-state index in [2.05, 4.69) is 5.32 Å². The number of rotatable bonds is 6. The molecule has 0 unspecified atom stereocenters. The van der Waals surface area contributed by atoms with E-state index in [0.717, 1.165) is 32.0 Å². The number of piperidine rings is 1. The van der Waals surface area contributed by atoms with Crippen molar-refractivity contribution in [3.63, 3.8) is 0 Å². The van der Waals surface area contributed by atoms with Crippen LogP contribution >= 0.6 is 0 Å². The fraction of sp³-hybridized carbons (Fsp3) is 0.588. The van der Waals surface area contributed by atoms with Crippen molar-refractivity contribution < 1.29 is 13.6 Å². The number of halogens is 2. The van der Waals surface area contributed by atoms with E-state index in [4.69, 9.17) is 0 Å². The molecule has 0 atom stereocenters. The minimum atomic E-state index is -0.601. The number of nitrogens with one attached hydrogen (secondary N) is 1. The lowest BCUT2D eigenvalue weighted by Gasteiger charge is -2.30. The van der Waals surface area contributed by atoms with Gasteiger partial charge >= 0.3 is 0 Å². The molecule has 4 nitrogen and oxygen atoms in total. The van der Waals surface area contributed by atoms with Gasteiger partial charge in [-0.25, -0.2) is 8.78 Å². The number of carbonyl (C=O) groups is 1. The summed E-state index contributed by atoms with van der Waals surface area (Å²) in [5, 5.41) is 3.24. The Morgan fingerprint density at radius 1 is 1.22 bits per heavy atom. The second-order valence-electron chi connectivity index (χ2n) is 6.32. The summed E-state index contributed by atoms with van der Waals surface area (Å²) in [7, 11) is 3.87. The average Bonchev–Trinajstić information content (AvgIpc) is 2.53. The van der Waals surface area contributed by atoms with Gasteiger partial charge in [-0.05, 0) is 46.1 Å². The Labute approximate surface area is 136 Å². The van der Waals surface area contributed by atoms with Crippen LogP contribution in [0.15, 0.2) is 18.2 Å². The third-order valence-corrected chi connectivity index (χ3v) is 4.19. The van der Waals surface area contributed by atoms with E-state index in [1.165, 1.54) is 12.1 Å². The Hall–Kier alpha value is -1.53. The van der Waals surface area contributed by atoms with Crippen molar-refractivity contribution in [3.05, 3.63) is 35.4 Å². The second-order valence-corrected chi connectivity index (χ2v) is 6.32. The van der Waals surface area contributed by atoms with Gasteiger partial charge in [-0.1, -0.05) is 6.07 Å². The van der Waals surface area contributed by atoms with Gasteiger partial charge in [0.15, 0.2) is 0 Å². The van der Waals surface area contributed by atoms with Crippen molar-refractivity contribution in [2.75, 3.05) is 40.3 Å². The molecule has 1 aliphatic rings. The number of carbonyl (C=O) groups excluding carboxylic acids is 1. The number of likely N-dealkylation sites (N-methyl/N-ethyl adjacent to an activating group) is 1. The minimum absolute atomic E-state index is 0.0121. The van der Waals surface area contributed by atoms with Gasteiger partial charge in [-0.3, -0.25) is 4.79 Å². The molecule has 1 amide bonds. The van der Waals surface area contributed by atoms with Crippen molar-refractivity contribution in [2.45, 2.75) is 19.4 Å². The molecule has 6 heteroatoms. The Morgan fingerprint density at radius 3 is 2.52 bits per heavy atom. The van der Waals surface area contributed by atoms with E-state index < -0.39 is 11.6 Å². The number of benzene rings is 1. The fourth-order valence-electron chi connectivity index (χ4n) is 2.77. The van der Waals surface area contributed by atoms with E-state index in [-0.39, 0.29) is 18.4 Å². The van der Waals surface area contributed by atoms with Gasteiger partial charge in [0.2, 0.25) is 5.91 Å². The van der Waals surface area contributed by atoms with E-state index >= 15 is 0 Å². The summed E-state index contributed by atoms with van der Waals surface area (Å²) >= 11 is 0. The third kappa shape index (κ3) is 5.25.